The molecule has 0 aliphatic heterocycles. The molecular weight excluding hydrogens is 280 g/mol. The van der Waals surface area contributed by atoms with Crippen LogP contribution in [0.15, 0.2) is 12.1 Å². The Bertz CT molecular complexity index is 564. The van der Waals surface area contributed by atoms with Crippen molar-refractivity contribution >= 4 is 17.7 Å². The summed E-state index contributed by atoms with van der Waals surface area (Å²) in [6.07, 6.45) is -1.06. The number of rotatable bonds is 5. The van der Waals surface area contributed by atoms with Crippen LogP contribution in [-0.2, 0) is 4.74 Å². The molecule has 0 spiro atoms. The van der Waals surface area contributed by atoms with Gasteiger partial charge in [0.15, 0.2) is 0 Å². The van der Waals surface area contributed by atoms with Crippen molar-refractivity contribution in [1.82, 2.24) is 5.32 Å². The van der Waals surface area contributed by atoms with Crippen molar-refractivity contribution in [3.05, 3.63) is 39.4 Å². The van der Waals surface area contributed by atoms with Crippen molar-refractivity contribution in [3.63, 3.8) is 0 Å². The highest BCUT2D eigenvalue weighted by molar-refractivity contribution is 5.95. The average molecular weight is 289 g/mol. The van der Waals surface area contributed by atoms with E-state index in [4.69, 9.17) is 0 Å². The van der Waals surface area contributed by atoms with E-state index in [0.717, 1.165) is 0 Å². The molecule has 108 valence electrons. The maximum Gasteiger partial charge on any atom is 0.404 e. The summed E-state index contributed by atoms with van der Waals surface area (Å²) in [4.78, 5) is 31.1. The Hall–Kier alpha value is -2.78. The summed E-state index contributed by atoms with van der Waals surface area (Å²) in [5.41, 5.74) is 2.69. The molecule has 3 N–H and O–H groups in total. The Balaban J connectivity index is 2.82. The number of carbonyl (C=O) groups excluding carboxylic acids is 2. The molecule has 0 aromatic heterocycles. The number of primary amides is 1. The maximum absolute atomic E-state index is 13.6. The van der Waals surface area contributed by atoms with Crippen molar-refractivity contribution < 1.29 is 28.0 Å². The second-order valence-corrected chi connectivity index (χ2v) is 3.47. The first-order chi connectivity index (χ1) is 9.32. The molecule has 0 aliphatic carbocycles. The number of amides is 2. The SMILES string of the molecule is NC(=O)OCCNC(=O)c1cc(F)cc([N+](=O)[O-])c1F. The van der Waals surface area contributed by atoms with Crippen LogP contribution >= 0.6 is 0 Å². The molecule has 0 heterocycles. The summed E-state index contributed by atoms with van der Waals surface area (Å²) >= 11 is 0. The lowest BCUT2D eigenvalue weighted by Gasteiger charge is -2.06. The molecule has 0 radical (unpaired) electrons. The molecule has 1 aromatic rings. The first-order valence-electron chi connectivity index (χ1n) is 5.16. The maximum atomic E-state index is 13.6. The first kappa shape index (κ1) is 15.3. The van der Waals surface area contributed by atoms with Crippen LogP contribution in [0.25, 0.3) is 0 Å². The summed E-state index contributed by atoms with van der Waals surface area (Å²) in [5.74, 6) is -3.67. The number of nitrogens with zero attached hydrogens (tertiary/aromatic N) is 1. The van der Waals surface area contributed by atoms with Crippen LogP contribution in [-0.4, -0.2) is 30.1 Å². The molecule has 0 saturated carbocycles. The van der Waals surface area contributed by atoms with Crippen LogP contribution in [0.2, 0.25) is 0 Å². The molecule has 8 nitrogen and oxygen atoms in total. The summed E-state index contributed by atoms with van der Waals surface area (Å²) in [6, 6.07) is 0.884. The van der Waals surface area contributed by atoms with Gasteiger partial charge in [-0.15, -0.1) is 0 Å². The van der Waals surface area contributed by atoms with Gasteiger partial charge in [-0.1, -0.05) is 0 Å². The molecule has 0 bridgehead atoms. The molecule has 1 aromatic carbocycles. The van der Waals surface area contributed by atoms with Crippen LogP contribution in [0.3, 0.4) is 0 Å². The fourth-order valence-corrected chi connectivity index (χ4v) is 1.28. The van der Waals surface area contributed by atoms with Gasteiger partial charge in [0.2, 0.25) is 5.82 Å². The van der Waals surface area contributed by atoms with Gasteiger partial charge in [0.25, 0.3) is 5.91 Å². The number of nitrogens with one attached hydrogen (secondary N) is 1. The summed E-state index contributed by atoms with van der Waals surface area (Å²) in [5, 5.41) is 12.6. The van der Waals surface area contributed by atoms with Gasteiger partial charge in [-0.2, -0.15) is 4.39 Å². The molecule has 2 amide bonds. The number of halogens is 2. The van der Waals surface area contributed by atoms with Crippen LogP contribution in [0.5, 0.6) is 0 Å². The fraction of sp³-hybridized carbons (Fsp3) is 0.200. The van der Waals surface area contributed by atoms with Crippen molar-refractivity contribution in [2.45, 2.75) is 0 Å². The Morgan fingerprint density at radius 3 is 2.60 bits per heavy atom. The van der Waals surface area contributed by atoms with E-state index in [1.807, 2.05) is 0 Å². The molecule has 0 unspecified atom stereocenters. The molecular formula is C10H9F2N3O5. The highest BCUT2D eigenvalue weighted by Crippen LogP contribution is 2.22. The average Bonchev–Trinajstić information content (AvgIpc) is 2.36. The minimum absolute atomic E-state index is 0.217. The zero-order chi connectivity index (χ0) is 15.3. The Morgan fingerprint density at radius 2 is 2.05 bits per heavy atom. The first-order valence-corrected chi connectivity index (χ1v) is 5.16. The monoisotopic (exact) mass is 289 g/mol. The zero-order valence-corrected chi connectivity index (χ0v) is 9.89. The molecule has 0 fully saturated rings. The van der Waals surface area contributed by atoms with Gasteiger partial charge in [-0.3, -0.25) is 14.9 Å². The lowest BCUT2D eigenvalue weighted by Crippen LogP contribution is -2.29. The van der Waals surface area contributed by atoms with E-state index < -0.39 is 39.8 Å². The highest BCUT2D eigenvalue weighted by Gasteiger charge is 2.23. The van der Waals surface area contributed by atoms with Crippen molar-refractivity contribution in [3.8, 4) is 0 Å². The van der Waals surface area contributed by atoms with Crippen LogP contribution in [0, 0.1) is 21.7 Å². The Kier molecular flexibility index (Phi) is 4.89. The van der Waals surface area contributed by atoms with Crippen LogP contribution < -0.4 is 11.1 Å². The van der Waals surface area contributed by atoms with Gasteiger partial charge in [0.05, 0.1) is 23.1 Å². The molecule has 20 heavy (non-hydrogen) atoms. The van der Waals surface area contributed by atoms with Gasteiger partial charge in [-0.25, -0.2) is 9.18 Å². The summed E-state index contributed by atoms with van der Waals surface area (Å²) in [6.45, 7) is -0.494. The van der Waals surface area contributed by atoms with Gasteiger partial charge >= 0.3 is 11.8 Å². The van der Waals surface area contributed by atoms with E-state index in [2.05, 4.69) is 15.8 Å². The second-order valence-electron chi connectivity index (χ2n) is 3.47. The zero-order valence-electron chi connectivity index (χ0n) is 9.89. The smallest absolute Gasteiger partial charge is 0.404 e. The van der Waals surface area contributed by atoms with Crippen LogP contribution in [0.1, 0.15) is 10.4 Å². The van der Waals surface area contributed by atoms with Crippen LogP contribution in [0.4, 0.5) is 19.3 Å². The van der Waals surface area contributed by atoms with Crippen molar-refractivity contribution in [2.75, 3.05) is 13.2 Å². The third kappa shape index (κ3) is 3.86. The molecule has 0 saturated heterocycles. The number of nitrogens with two attached hydrogens (primary N) is 1. The standard InChI is InChI=1S/C10H9F2N3O5/c11-5-3-6(8(12)7(4-5)15(18)19)9(16)14-1-2-20-10(13)17/h3-4H,1-2H2,(H2,13,17)(H,14,16). The molecule has 1 rings (SSSR count). The minimum Gasteiger partial charge on any atom is -0.448 e. The van der Waals surface area contributed by atoms with E-state index in [-0.39, 0.29) is 13.2 Å². The quantitative estimate of drug-likeness (QED) is 0.469. The minimum atomic E-state index is -1.45. The van der Waals surface area contributed by atoms with Gasteiger partial charge in [0, 0.05) is 0 Å². The van der Waals surface area contributed by atoms with E-state index in [9.17, 15) is 28.5 Å². The summed E-state index contributed by atoms with van der Waals surface area (Å²) in [7, 11) is 0. The number of carbonyl (C=O) groups is 2. The lowest BCUT2D eigenvalue weighted by molar-refractivity contribution is -0.387. The molecule has 0 atom stereocenters. The number of nitro groups is 1. The second kappa shape index (κ2) is 6.41. The Morgan fingerprint density at radius 1 is 1.40 bits per heavy atom. The number of hydrogen-bond acceptors (Lipinski definition) is 5. The van der Waals surface area contributed by atoms with E-state index in [1.54, 1.807) is 0 Å². The topological polar surface area (TPSA) is 125 Å². The van der Waals surface area contributed by atoms with E-state index >= 15 is 0 Å². The Labute approximate surface area is 110 Å². The molecule has 10 heteroatoms. The fourth-order valence-electron chi connectivity index (χ4n) is 1.28. The lowest BCUT2D eigenvalue weighted by atomic mass is 10.1. The van der Waals surface area contributed by atoms with Crippen molar-refractivity contribution in [2.24, 2.45) is 5.73 Å². The molecule has 0 aliphatic rings. The van der Waals surface area contributed by atoms with Crippen molar-refractivity contribution in [1.29, 1.82) is 0 Å². The number of hydrogen-bond donors (Lipinski definition) is 2. The van der Waals surface area contributed by atoms with Gasteiger partial charge < -0.3 is 15.8 Å². The van der Waals surface area contributed by atoms with E-state index in [1.165, 1.54) is 0 Å². The van der Waals surface area contributed by atoms with E-state index in [0.29, 0.717) is 12.1 Å². The largest absolute Gasteiger partial charge is 0.448 e. The number of benzene rings is 1. The van der Waals surface area contributed by atoms with Gasteiger partial charge in [0.1, 0.15) is 12.4 Å². The van der Waals surface area contributed by atoms with Gasteiger partial charge in [-0.05, 0) is 6.07 Å². The third-order valence-electron chi connectivity index (χ3n) is 2.09. The predicted octanol–water partition coefficient (Wildman–Crippen LogP) is 0.698. The summed E-state index contributed by atoms with van der Waals surface area (Å²) < 4.78 is 31.0. The normalized spacial score (nSPS) is 9.90. The third-order valence-corrected chi connectivity index (χ3v) is 2.09. The highest BCUT2D eigenvalue weighted by atomic mass is 19.1. The predicted molar refractivity (Wildman–Crippen MR) is 60.9 cm³/mol. The number of ether oxygens (including phenoxy) is 1. The number of nitro benzene ring substituents is 1.